The van der Waals surface area contributed by atoms with Crippen LogP contribution in [0.5, 0.6) is 0 Å². The van der Waals surface area contributed by atoms with Crippen molar-refractivity contribution in [2.45, 2.75) is 0 Å². The van der Waals surface area contributed by atoms with Gasteiger partial charge in [0.05, 0.1) is 5.52 Å². The van der Waals surface area contributed by atoms with E-state index in [9.17, 15) is 9.59 Å². The molecule has 0 aliphatic rings. The number of pyridine rings is 1. The fraction of sp³-hybridized carbons (Fsp3) is 0. The van der Waals surface area contributed by atoms with Crippen LogP contribution in [-0.2, 0) is 0 Å². The zero-order valence-corrected chi connectivity index (χ0v) is 6.96. The second-order valence-electron chi connectivity index (χ2n) is 2.33. The second-order valence-corrected chi connectivity index (χ2v) is 2.72. The molecule has 0 saturated heterocycles. The van der Waals surface area contributed by atoms with Crippen molar-refractivity contribution in [3.63, 3.8) is 0 Å². The normalized spacial score (nSPS) is 10.5. The minimum absolute atomic E-state index is 0.0205. The van der Waals surface area contributed by atoms with Gasteiger partial charge in [-0.1, -0.05) is 11.6 Å². The summed E-state index contributed by atoms with van der Waals surface area (Å²) in [4.78, 5) is 27.8. The van der Waals surface area contributed by atoms with Gasteiger partial charge < -0.3 is 4.42 Å². The first kappa shape index (κ1) is 8.00. The summed E-state index contributed by atoms with van der Waals surface area (Å²) in [5.41, 5.74) is -0.459. The molecule has 2 rings (SSSR count). The number of hydrogen-bond donors (Lipinski definition) is 1. The average molecular weight is 199 g/mol. The van der Waals surface area contributed by atoms with E-state index in [1.165, 1.54) is 12.1 Å². The van der Waals surface area contributed by atoms with Crippen LogP contribution in [0.3, 0.4) is 0 Å². The van der Waals surface area contributed by atoms with Gasteiger partial charge >= 0.3 is 11.4 Å². The van der Waals surface area contributed by atoms with Crippen LogP contribution in [0.1, 0.15) is 0 Å². The minimum Gasteiger partial charge on any atom is -0.371 e. The molecule has 2 heterocycles. The van der Waals surface area contributed by atoms with Crippen LogP contribution in [0.4, 0.5) is 0 Å². The van der Waals surface area contributed by atoms with Crippen molar-refractivity contribution in [3.8, 4) is 0 Å². The molecule has 0 atom stereocenters. The van der Waals surface area contributed by atoms with Gasteiger partial charge in [-0.3, -0.25) is 4.98 Å². The molecule has 1 N–H and O–H groups in total. The van der Waals surface area contributed by atoms with Gasteiger partial charge in [-0.2, -0.15) is 0 Å². The van der Waals surface area contributed by atoms with Crippen LogP contribution in [0.25, 0.3) is 11.0 Å². The number of fused-ring (bicyclic) bond motifs is 1. The third kappa shape index (κ3) is 1.33. The zero-order chi connectivity index (χ0) is 9.42. The summed E-state index contributed by atoms with van der Waals surface area (Å²) in [6.07, 6.45) is 0. The first-order chi connectivity index (χ1) is 6.16. The molecule has 13 heavy (non-hydrogen) atoms. The maximum Gasteiger partial charge on any atom is 0.419 e. The van der Waals surface area contributed by atoms with Crippen LogP contribution in [-0.4, -0.2) is 9.97 Å². The molecule has 0 spiro atoms. The van der Waals surface area contributed by atoms with E-state index in [4.69, 9.17) is 11.6 Å². The lowest BCUT2D eigenvalue weighted by Gasteiger charge is -1.93. The van der Waals surface area contributed by atoms with Crippen molar-refractivity contribution in [1.82, 2.24) is 9.97 Å². The van der Waals surface area contributed by atoms with Crippen LogP contribution >= 0.6 is 11.6 Å². The van der Waals surface area contributed by atoms with Crippen molar-refractivity contribution < 1.29 is 4.42 Å². The molecule has 66 valence electrons. The Balaban J connectivity index is 3.04. The van der Waals surface area contributed by atoms with E-state index in [-0.39, 0.29) is 10.7 Å². The van der Waals surface area contributed by atoms with Crippen molar-refractivity contribution in [2.75, 3.05) is 0 Å². The third-order valence-corrected chi connectivity index (χ3v) is 1.69. The SMILES string of the molecule is O=c1[nH]c2ccc(Cl)nc2c(=O)o1. The molecule has 0 aliphatic carbocycles. The molecule has 0 amide bonds. The number of nitrogens with one attached hydrogen (secondary N) is 1. The molecule has 0 fully saturated rings. The monoisotopic (exact) mass is 198 g/mol. The predicted octanol–water partition coefficient (Wildman–Crippen LogP) is 0.530. The highest BCUT2D eigenvalue weighted by Gasteiger charge is 2.03. The molecule has 6 heteroatoms. The van der Waals surface area contributed by atoms with E-state index >= 15 is 0 Å². The van der Waals surface area contributed by atoms with Gasteiger partial charge in [-0.15, -0.1) is 0 Å². The van der Waals surface area contributed by atoms with E-state index in [0.717, 1.165) is 0 Å². The van der Waals surface area contributed by atoms with Gasteiger partial charge in [0, 0.05) is 0 Å². The molecule has 0 saturated carbocycles. The summed E-state index contributed by atoms with van der Waals surface area (Å²) in [6.45, 7) is 0. The lowest BCUT2D eigenvalue weighted by Crippen LogP contribution is -2.15. The number of halogens is 1. The highest BCUT2D eigenvalue weighted by Crippen LogP contribution is 2.07. The summed E-state index contributed by atoms with van der Waals surface area (Å²) < 4.78 is 4.26. The topological polar surface area (TPSA) is 76.0 Å². The molecule has 0 aromatic carbocycles. The Morgan fingerprint density at radius 3 is 2.92 bits per heavy atom. The van der Waals surface area contributed by atoms with E-state index in [1.54, 1.807) is 0 Å². The van der Waals surface area contributed by atoms with Gasteiger partial charge in [-0.25, -0.2) is 14.6 Å². The van der Waals surface area contributed by atoms with Gasteiger partial charge in [0.15, 0.2) is 5.52 Å². The number of rotatable bonds is 0. The van der Waals surface area contributed by atoms with E-state index < -0.39 is 11.4 Å². The van der Waals surface area contributed by atoms with Crippen LogP contribution in [0.2, 0.25) is 5.15 Å². The van der Waals surface area contributed by atoms with Gasteiger partial charge in [-0.05, 0) is 12.1 Å². The summed E-state index contributed by atoms with van der Waals surface area (Å²) >= 11 is 5.55. The predicted molar refractivity (Wildman–Crippen MR) is 45.9 cm³/mol. The maximum absolute atomic E-state index is 11.0. The quantitative estimate of drug-likeness (QED) is 0.627. The summed E-state index contributed by atoms with van der Waals surface area (Å²) in [7, 11) is 0. The first-order valence-corrected chi connectivity index (χ1v) is 3.74. The highest BCUT2D eigenvalue weighted by atomic mass is 35.5. The van der Waals surface area contributed by atoms with Crippen molar-refractivity contribution in [1.29, 1.82) is 0 Å². The molecule has 2 aromatic rings. The largest absolute Gasteiger partial charge is 0.419 e. The Labute approximate surface area is 76.0 Å². The van der Waals surface area contributed by atoms with Crippen molar-refractivity contribution >= 4 is 22.6 Å². The van der Waals surface area contributed by atoms with Crippen LogP contribution in [0, 0.1) is 0 Å². The summed E-state index contributed by atoms with van der Waals surface area (Å²) in [5.74, 6) is -0.804. The molecular formula is C7H3ClN2O3. The number of aromatic nitrogens is 2. The van der Waals surface area contributed by atoms with Crippen LogP contribution in [0.15, 0.2) is 26.1 Å². The zero-order valence-electron chi connectivity index (χ0n) is 6.20. The van der Waals surface area contributed by atoms with E-state index in [2.05, 4.69) is 14.4 Å². The van der Waals surface area contributed by atoms with Gasteiger partial charge in [0.25, 0.3) is 0 Å². The Kier molecular flexibility index (Phi) is 1.66. The molecule has 0 unspecified atom stereocenters. The molecule has 0 radical (unpaired) electrons. The molecule has 0 bridgehead atoms. The molecule has 5 nitrogen and oxygen atoms in total. The van der Waals surface area contributed by atoms with Crippen molar-refractivity contribution in [3.05, 3.63) is 38.3 Å². The maximum atomic E-state index is 11.0. The smallest absolute Gasteiger partial charge is 0.371 e. The number of hydrogen-bond acceptors (Lipinski definition) is 4. The van der Waals surface area contributed by atoms with Gasteiger partial charge in [0.2, 0.25) is 0 Å². The number of H-pyrrole nitrogens is 1. The molecule has 2 aromatic heterocycles. The lowest BCUT2D eigenvalue weighted by molar-refractivity contribution is 0.458. The van der Waals surface area contributed by atoms with Crippen LogP contribution < -0.4 is 11.4 Å². The molecule has 0 aliphatic heterocycles. The summed E-state index contributed by atoms with van der Waals surface area (Å²) in [5, 5.41) is 0.173. The van der Waals surface area contributed by atoms with E-state index in [1.807, 2.05) is 0 Å². The Morgan fingerprint density at radius 1 is 1.38 bits per heavy atom. The van der Waals surface area contributed by atoms with Gasteiger partial charge in [0.1, 0.15) is 5.15 Å². The van der Waals surface area contributed by atoms with Crippen molar-refractivity contribution in [2.24, 2.45) is 0 Å². The Bertz CT molecular complexity index is 572. The Hall–Kier alpha value is -1.62. The van der Waals surface area contributed by atoms with E-state index in [0.29, 0.717) is 5.52 Å². The lowest BCUT2D eigenvalue weighted by atomic mass is 10.4. The summed E-state index contributed by atoms with van der Waals surface area (Å²) in [6, 6.07) is 2.96. The third-order valence-electron chi connectivity index (χ3n) is 1.48. The number of aromatic amines is 1. The standard InChI is InChI=1S/C7H3ClN2O3/c8-4-2-1-3-5(10-4)6(11)13-7(12)9-3/h1-2H,(H,9,12). The minimum atomic E-state index is -0.804. The second kappa shape index (κ2) is 2.70. The first-order valence-electron chi connectivity index (χ1n) is 3.36. The Morgan fingerprint density at radius 2 is 2.15 bits per heavy atom. The highest BCUT2D eigenvalue weighted by molar-refractivity contribution is 6.29. The molecular weight excluding hydrogens is 196 g/mol. The average Bonchev–Trinajstić information content (AvgIpc) is 2.06. The number of nitrogens with zero attached hydrogens (tertiary/aromatic N) is 1. The fourth-order valence-electron chi connectivity index (χ4n) is 0.960. The fourth-order valence-corrected chi connectivity index (χ4v) is 1.11.